The van der Waals surface area contributed by atoms with Gasteiger partial charge in [0, 0.05) is 24.5 Å². The zero-order valence-corrected chi connectivity index (χ0v) is 16.5. The first-order valence-corrected chi connectivity index (χ1v) is 9.63. The van der Waals surface area contributed by atoms with Crippen molar-refractivity contribution in [2.75, 3.05) is 11.9 Å². The Balaban J connectivity index is 1.73. The van der Waals surface area contributed by atoms with Crippen LogP contribution in [0, 0.1) is 0 Å². The Bertz CT molecular complexity index is 995. The van der Waals surface area contributed by atoms with Gasteiger partial charge in [0.1, 0.15) is 16.4 Å². The zero-order chi connectivity index (χ0) is 20.1. The van der Waals surface area contributed by atoms with E-state index in [-0.39, 0.29) is 24.5 Å². The minimum atomic E-state index is -0.528. The predicted octanol–water partition coefficient (Wildman–Crippen LogP) is 2.36. The molecule has 0 aliphatic heterocycles. The van der Waals surface area contributed by atoms with Crippen molar-refractivity contribution in [3.05, 3.63) is 52.7 Å². The van der Waals surface area contributed by atoms with E-state index in [1.54, 1.807) is 14.0 Å². The van der Waals surface area contributed by atoms with Gasteiger partial charge in [0.15, 0.2) is 0 Å². The van der Waals surface area contributed by atoms with Gasteiger partial charge in [-0.15, -0.1) is 11.3 Å². The van der Waals surface area contributed by atoms with Crippen LogP contribution in [0.1, 0.15) is 28.5 Å². The number of esters is 1. The lowest BCUT2D eigenvalue weighted by atomic mass is 10.1. The molecule has 0 bridgehead atoms. The molecular weight excluding hydrogens is 378 g/mol. The van der Waals surface area contributed by atoms with Crippen LogP contribution in [0.4, 0.5) is 5.82 Å². The number of thiazole rings is 1. The van der Waals surface area contributed by atoms with Crippen molar-refractivity contribution in [1.29, 1.82) is 0 Å². The van der Waals surface area contributed by atoms with Crippen molar-refractivity contribution in [2.45, 2.75) is 19.9 Å². The summed E-state index contributed by atoms with van der Waals surface area (Å²) < 4.78 is 6.42. The van der Waals surface area contributed by atoms with E-state index in [2.05, 4.69) is 15.4 Å². The molecule has 0 atom stereocenters. The number of carbonyl (C=O) groups is 2. The summed E-state index contributed by atoms with van der Waals surface area (Å²) in [4.78, 5) is 29.0. The lowest BCUT2D eigenvalue weighted by molar-refractivity contribution is -0.115. The van der Waals surface area contributed by atoms with Crippen molar-refractivity contribution in [1.82, 2.24) is 14.8 Å². The highest BCUT2D eigenvalue weighted by atomic mass is 32.1. The van der Waals surface area contributed by atoms with Crippen LogP contribution in [-0.4, -0.2) is 33.2 Å². The van der Waals surface area contributed by atoms with E-state index in [1.807, 2.05) is 29.6 Å². The smallest absolute Gasteiger partial charge is 0.343 e. The van der Waals surface area contributed by atoms with Gasteiger partial charge in [-0.3, -0.25) is 9.48 Å². The molecule has 0 radical (unpaired) electrons. The maximum absolute atomic E-state index is 12.5. The van der Waals surface area contributed by atoms with Crippen LogP contribution < -0.4 is 11.1 Å². The van der Waals surface area contributed by atoms with Crippen LogP contribution in [0.2, 0.25) is 0 Å². The van der Waals surface area contributed by atoms with E-state index in [1.165, 1.54) is 22.2 Å². The van der Waals surface area contributed by atoms with E-state index in [0.717, 1.165) is 16.1 Å². The van der Waals surface area contributed by atoms with Crippen molar-refractivity contribution in [2.24, 2.45) is 12.8 Å². The summed E-state index contributed by atoms with van der Waals surface area (Å²) in [5.74, 6) is -0.522. The lowest BCUT2D eigenvalue weighted by Crippen LogP contribution is -2.19. The lowest BCUT2D eigenvalue weighted by Gasteiger charge is -2.07. The van der Waals surface area contributed by atoms with E-state index in [9.17, 15) is 9.59 Å². The van der Waals surface area contributed by atoms with Gasteiger partial charge in [-0.25, -0.2) is 9.78 Å². The summed E-state index contributed by atoms with van der Waals surface area (Å²) in [5, 5.41) is 9.40. The molecule has 0 saturated heterocycles. The minimum absolute atomic E-state index is 0.0781. The van der Waals surface area contributed by atoms with Crippen LogP contribution in [0.3, 0.4) is 0 Å². The van der Waals surface area contributed by atoms with Crippen LogP contribution in [0.15, 0.2) is 35.8 Å². The number of benzene rings is 1. The Morgan fingerprint density at radius 2 is 2.11 bits per heavy atom. The third kappa shape index (κ3) is 4.26. The summed E-state index contributed by atoms with van der Waals surface area (Å²) in [6.45, 7) is 2.38. The Morgan fingerprint density at radius 1 is 1.32 bits per heavy atom. The fraction of sp³-hybridized carbons (Fsp3) is 0.263. The molecule has 0 spiro atoms. The first kappa shape index (κ1) is 19.7. The summed E-state index contributed by atoms with van der Waals surface area (Å²) >= 11 is 1.46. The fourth-order valence-corrected chi connectivity index (χ4v) is 3.58. The monoisotopic (exact) mass is 399 g/mol. The van der Waals surface area contributed by atoms with E-state index < -0.39 is 5.97 Å². The first-order chi connectivity index (χ1) is 13.5. The third-order valence-corrected chi connectivity index (χ3v) is 4.98. The number of nitrogens with two attached hydrogens (primary N) is 1. The molecule has 28 heavy (non-hydrogen) atoms. The van der Waals surface area contributed by atoms with Gasteiger partial charge in [0.05, 0.1) is 24.9 Å². The number of carbonyl (C=O) groups excluding carboxylic acids is 2. The van der Waals surface area contributed by atoms with E-state index >= 15 is 0 Å². The summed E-state index contributed by atoms with van der Waals surface area (Å²) in [6, 6.07) is 7.79. The Kier molecular flexibility index (Phi) is 6.17. The van der Waals surface area contributed by atoms with Crippen LogP contribution >= 0.6 is 11.3 Å². The number of aromatic nitrogens is 3. The van der Waals surface area contributed by atoms with Crippen molar-refractivity contribution in [3.63, 3.8) is 0 Å². The molecule has 0 saturated carbocycles. The SMILES string of the molecule is CCOC(=O)c1cnn(C)c1NC(=O)Cc1csc(-c2ccccc2CN)n1. The Morgan fingerprint density at radius 3 is 2.86 bits per heavy atom. The molecule has 3 aromatic rings. The molecule has 0 aliphatic carbocycles. The minimum Gasteiger partial charge on any atom is -0.462 e. The predicted molar refractivity (Wildman–Crippen MR) is 107 cm³/mol. The molecule has 0 unspecified atom stereocenters. The second kappa shape index (κ2) is 8.77. The number of aryl methyl sites for hydroxylation is 1. The molecule has 1 amide bonds. The number of nitrogens with one attached hydrogen (secondary N) is 1. The fourth-order valence-electron chi connectivity index (χ4n) is 2.70. The normalized spacial score (nSPS) is 10.7. The van der Waals surface area contributed by atoms with Crippen LogP contribution in [0.5, 0.6) is 0 Å². The van der Waals surface area contributed by atoms with E-state index in [0.29, 0.717) is 18.1 Å². The van der Waals surface area contributed by atoms with Gasteiger partial charge in [-0.2, -0.15) is 5.10 Å². The highest BCUT2D eigenvalue weighted by Gasteiger charge is 2.20. The molecule has 0 aliphatic rings. The molecule has 3 rings (SSSR count). The van der Waals surface area contributed by atoms with Gasteiger partial charge in [-0.05, 0) is 12.5 Å². The molecule has 3 N–H and O–H groups in total. The summed E-state index contributed by atoms with van der Waals surface area (Å²) in [5.41, 5.74) is 8.62. The number of anilines is 1. The first-order valence-electron chi connectivity index (χ1n) is 8.75. The van der Waals surface area contributed by atoms with Crippen molar-refractivity contribution in [3.8, 4) is 10.6 Å². The van der Waals surface area contributed by atoms with Crippen LogP contribution in [0.25, 0.3) is 10.6 Å². The molecule has 2 heterocycles. The molecule has 2 aromatic heterocycles. The number of nitrogens with zero attached hydrogens (tertiary/aromatic N) is 3. The largest absolute Gasteiger partial charge is 0.462 e. The van der Waals surface area contributed by atoms with Gasteiger partial charge < -0.3 is 15.8 Å². The second-order valence-electron chi connectivity index (χ2n) is 5.98. The van der Waals surface area contributed by atoms with Crippen molar-refractivity contribution < 1.29 is 14.3 Å². The van der Waals surface area contributed by atoms with Gasteiger partial charge in [0.25, 0.3) is 0 Å². The number of amides is 1. The standard InChI is InChI=1S/C19H21N5O3S/c1-3-27-19(26)15-10-21-24(2)17(15)23-16(25)8-13-11-28-18(22-13)14-7-5-4-6-12(14)9-20/h4-7,10-11H,3,8-9,20H2,1-2H3,(H,23,25). The highest BCUT2D eigenvalue weighted by molar-refractivity contribution is 7.13. The number of rotatable bonds is 7. The molecule has 146 valence electrons. The average molecular weight is 399 g/mol. The Hall–Kier alpha value is -3.04. The number of hydrogen-bond donors (Lipinski definition) is 2. The highest BCUT2D eigenvalue weighted by Crippen LogP contribution is 2.27. The molecule has 1 aromatic carbocycles. The summed E-state index contributed by atoms with van der Waals surface area (Å²) in [6.07, 6.45) is 1.45. The topological polar surface area (TPSA) is 112 Å². The molecule has 8 nitrogen and oxygen atoms in total. The molecular formula is C19H21N5O3S. The number of hydrogen-bond acceptors (Lipinski definition) is 7. The quantitative estimate of drug-likeness (QED) is 0.590. The van der Waals surface area contributed by atoms with Crippen molar-refractivity contribution >= 4 is 29.0 Å². The number of ether oxygens (including phenoxy) is 1. The maximum Gasteiger partial charge on any atom is 0.343 e. The van der Waals surface area contributed by atoms with E-state index in [4.69, 9.17) is 10.5 Å². The van der Waals surface area contributed by atoms with Gasteiger partial charge in [0.2, 0.25) is 5.91 Å². The van der Waals surface area contributed by atoms with Crippen LogP contribution in [-0.2, 0) is 29.5 Å². The summed E-state index contributed by atoms with van der Waals surface area (Å²) in [7, 11) is 1.64. The van der Waals surface area contributed by atoms with Gasteiger partial charge >= 0.3 is 5.97 Å². The molecule has 9 heteroatoms. The zero-order valence-electron chi connectivity index (χ0n) is 15.6. The van der Waals surface area contributed by atoms with Gasteiger partial charge in [-0.1, -0.05) is 24.3 Å². The second-order valence-corrected chi connectivity index (χ2v) is 6.84. The average Bonchev–Trinajstić information content (AvgIpc) is 3.29. The third-order valence-electron chi connectivity index (χ3n) is 4.05. The Labute approximate surface area is 166 Å². The molecule has 0 fully saturated rings. The maximum atomic E-state index is 12.5.